The zero-order valence-electron chi connectivity index (χ0n) is 27.7. The van der Waals surface area contributed by atoms with E-state index in [9.17, 15) is 0 Å². The number of hydrogen-bond donors (Lipinski definition) is 0. The van der Waals surface area contributed by atoms with Gasteiger partial charge in [0.05, 0.1) is 16.8 Å². The van der Waals surface area contributed by atoms with Crippen LogP contribution in [0.25, 0.3) is 75.5 Å². The molecule has 0 N–H and O–H groups in total. The number of rotatable bonds is 6. The molecule has 0 fully saturated rings. The van der Waals surface area contributed by atoms with Crippen LogP contribution in [0.3, 0.4) is 0 Å². The van der Waals surface area contributed by atoms with Gasteiger partial charge in [0, 0.05) is 36.8 Å². The zero-order chi connectivity index (χ0) is 33.7. The Kier molecular flexibility index (Phi) is 7.04. The molecule has 0 spiro atoms. The SMILES string of the molecule is c1ccc(-c2ccc(-c3ccccc3N(c3cccc(-c4cccc5c4sc4ccccc45)c3)c3cccc4oc5ccccc5c34)cc2)cc1. The average molecular weight is 670 g/mol. The summed E-state index contributed by atoms with van der Waals surface area (Å²) in [6.07, 6.45) is 0. The van der Waals surface area contributed by atoms with Gasteiger partial charge in [-0.1, -0.05) is 146 Å². The molecule has 0 aliphatic heterocycles. The maximum absolute atomic E-state index is 6.43. The minimum Gasteiger partial charge on any atom is -0.456 e. The van der Waals surface area contributed by atoms with Crippen LogP contribution in [0.4, 0.5) is 17.1 Å². The second-order valence-corrected chi connectivity index (χ2v) is 13.9. The molecule has 8 aromatic carbocycles. The van der Waals surface area contributed by atoms with Crippen LogP contribution in [0.15, 0.2) is 192 Å². The van der Waals surface area contributed by atoms with E-state index >= 15 is 0 Å². The third-order valence-electron chi connectivity index (χ3n) is 9.89. The van der Waals surface area contributed by atoms with Crippen molar-refractivity contribution in [1.29, 1.82) is 0 Å². The van der Waals surface area contributed by atoms with Gasteiger partial charge in [0.15, 0.2) is 0 Å². The Hall–Kier alpha value is -6.42. The van der Waals surface area contributed by atoms with Gasteiger partial charge in [-0.25, -0.2) is 0 Å². The molecule has 0 aliphatic carbocycles. The molecule has 10 rings (SSSR count). The molecule has 2 nitrogen and oxygen atoms in total. The van der Waals surface area contributed by atoms with Crippen molar-refractivity contribution in [3.63, 3.8) is 0 Å². The van der Waals surface area contributed by atoms with Crippen LogP contribution < -0.4 is 4.90 Å². The van der Waals surface area contributed by atoms with E-state index < -0.39 is 0 Å². The van der Waals surface area contributed by atoms with E-state index in [1.165, 1.54) is 42.4 Å². The first-order chi connectivity index (χ1) is 25.3. The molecule has 0 atom stereocenters. The van der Waals surface area contributed by atoms with E-state index in [1.54, 1.807) is 0 Å². The van der Waals surface area contributed by atoms with Gasteiger partial charge in [-0.15, -0.1) is 11.3 Å². The van der Waals surface area contributed by atoms with Crippen molar-refractivity contribution in [2.45, 2.75) is 0 Å². The van der Waals surface area contributed by atoms with Gasteiger partial charge in [0.1, 0.15) is 11.2 Å². The summed E-state index contributed by atoms with van der Waals surface area (Å²) in [6, 6.07) is 67.4. The molecule has 0 bridgehead atoms. The van der Waals surface area contributed by atoms with Crippen LogP contribution in [-0.2, 0) is 0 Å². The van der Waals surface area contributed by atoms with Crippen molar-refractivity contribution in [3.8, 4) is 33.4 Å². The number of fused-ring (bicyclic) bond motifs is 6. The number of nitrogens with zero attached hydrogens (tertiary/aromatic N) is 1. The van der Waals surface area contributed by atoms with Crippen molar-refractivity contribution < 1.29 is 4.42 Å². The molecule has 51 heavy (non-hydrogen) atoms. The molecule has 10 aromatic rings. The minimum atomic E-state index is 0.870. The molecule has 2 heterocycles. The fourth-order valence-corrected chi connectivity index (χ4v) is 8.76. The maximum atomic E-state index is 6.43. The second kappa shape index (κ2) is 12.2. The van der Waals surface area contributed by atoms with Gasteiger partial charge in [-0.3, -0.25) is 0 Å². The number of furan rings is 1. The second-order valence-electron chi connectivity index (χ2n) is 12.9. The highest BCUT2D eigenvalue weighted by Gasteiger charge is 2.22. The van der Waals surface area contributed by atoms with Gasteiger partial charge in [0.2, 0.25) is 0 Å². The first-order valence-electron chi connectivity index (χ1n) is 17.3. The summed E-state index contributed by atoms with van der Waals surface area (Å²) in [5.41, 5.74) is 12.2. The van der Waals surface area contributed by atoms with Crippen LogP contribution in [0.2, 0.25) is 0 Å². The maximum Gasteiger partial charge on any atom is 0.137 e. The lowest BCUT2D eigenvalue weighted by Gasteiger charge is -2.29. The Bertz CT molecular complexity index is 2860. The van der Waals surface area contributed by atoms with Crippen molar-refractivity contribution in [2.24, 2.45) is 0 Å². The average Bonchev–Trinajstić information content (AvgIpc) is 3.78. The fourth-order valence-electron chi connectivity index (χ4n) is 7.52. The molecular weight excluding hydrogens is 639 g/mol. The summed E-state index contributed by atoms with van der Waals surface area (Å²) in [4.78, 5) is 2.42. The smallest absolute Gasteiger partial charge is 0.137 e. The van der Waals surface area contributed by atoms with Gasteiger partial charge in [-0.2, -0.15) is 0 Å². The van der Waals surface area contributed by atoms with Crippen LogP contribution in [0.5, 0.6) is 0 Å². The Labute approximate surface area is 300 Å². The monoisotopic (exact) mass is 669 g/mol. The summed E-state index contributed by atoms with van der Waals surface area (Å²) >= 11 is 1.87. The third kappa shape index (κ3) is 5.01. The van der Waals surface area contributed by atoms with E-state index in [1.807, 2.05) is 17.4 Å². The standard InChI is InChI=1S/C48H31NOS/c1-2-13-32(14-3-1)33-27-29-34(30-28-33)37-17-4-7-22-42(37)49(43-23-12-25-45-47(43)41-19-5-8-24-44(41)50-45)36-16-10-15-35(31-36)38-20-11-21-40-39-18-6-9-26-46(39)51-48(38)40/h1-31H. The molecule has 0 unspecified atom stereocenters. The summed E-state index contributed by atoms with van der Waals surface area (Å²) in [5.74, 6) is 0. The first kappa shape index (κ1) is 29.5. The Morgan fingerprint density at radius 3 is 1.90 bits per heavy atom. The number of benzene rings is 8. The molecule has 0 saturated heterocycles. The van der Waals surface area contributed by atoms with E-state index in [4.69, 9.17) is 4.42 Å². The number of hydrogen-bond acceptors (Lipinski definition) is 3. The summed E-state index contributed by atoms with van der Waals surface area (Å²) < 4.78 is 9.05. The molecule has 0 aliphatic rings. The van der Waals surface area contributed by atoms with Crippen molar-refractivity contribution in [1.82, 2.24) is 0 Å². The molecule has 0 saturated carbocycles. The molecule has 240 valence electrons. The number of anilines is 3. The summed E-state index contributed by atoms with van der Waals surface area (Å²) in [6.45, 7) is 0. The normalized spacial score (nSPS) is 11.5. The van der Waals surface area contributed by atoms with Crippen LogP contribution in [0, 0.1) is 0 Å². The predicted octanol–water partition coefficient (Wildman–Crippen LogP) is 14.4. The largest absolute Gasteiger partial charge is 0.456 e. The van der Waals surface area contributed by atoms with Gasteiger partial charge >= 0.3 is 0 Å². The van der Waals surface area contributed by atoms with Gasteiger partial charge in [-0.05, 0) is 70.3 Å². The lowest BCUT2D eigenvalue weighted by atomic mass is 9.97. The van der Waals surface area contributed by atoms with E-state index in [2.05, 4.69) is 187 Å². The highest BCUT2D eigenvalue weighted by atomic mass is 32.1. The predicted molar refractivity (Wildman–Crippen MR) is 218 cm³/mol. The molecule has 3 heteroatoms. The molecule has 2 aromatic heterocycles. The highest BCUT2D eigenvalue weighted by molar-refractivity contribution is 7.26. The minimum absolute atomic E-state index is 0.870. The Balaban J connectivity index is 1.19. The summed E-state index contributed by atoms with van der Waals surface area (Å²) in [7, 11) is 0. The zero-order valence-corrected chi connectivity index (χ0v) is 28.5. The lowest BCUT2D eigenvalue weighted by Crippen LogP contribution is -2.11. The number of thiophene rings is 1. The molecule has 0 amide bonds. The highest BCUT2D eigenvalue weighted by Crippen LogP contribution is 2.47. The quantitative estimate of drug-likeness (QED) is 0.175. The molecule has 0 radical (unpaired) electrons. The van der Waals surface area contributed by atoms with Crippen LogP contribution in [0.1, 0.15) is 0 Å². The third-order valence-corrected chi connectivity index (χ3v) is 11.1. The van der Waals surface area contributed by atoms with E-state index in [0.717, 1.165) is 50.1 Å². The van der Waals surface area contributed by atoms with E-state index in [-0.39, 0.29) is 0 Å². The van der Waals surface area contributed by atoms with Gasteiger partial charge < -0.3 is 9.32 Å². The summed E-state index contributed by atoms with van der Waals surface area (Å²) in [5, 5.41) is 4.81. The molecular formula is C48H31NOS. The van der Waals surface area contributed by atoms with Gasteiger partial charge in [0.25, 0.3) is 0 Å². The van der Waals surface area contributed by atoms with Crippen LogP contribution in [-0.4, -0.2) is 0 Å². The van der Waals surface area contributed by atoms with E-state index in [0.29, 0.717) is 0 Å². The first-order valence-corrected chi connectivity index (χ1v) is 18.1. The van der Waals surface area contributed by atoms with Crippen molar-refractivity contribution >= 4 is 70.5 Å². The Morgan fingerprint density at radius 2 is 1.00 bits per heavy atom. The number of para-hydroxylation sites is 2. The van der Waals surface area contributed by atoms with Crippen molar-refractivity contribution in [2.75, 3.05) is 4.90 Å². The lowest BCUT2D eigenvalue weighted by molar-refractivity contribution is 0.669. The van der Waals surface area contributed by atoms with Crippen LogP contribution >= 0.6 is 11.3 Å². The topological polar surface area (TPSA) is 16.4 Å². The van der Waals surface area contributed by atoms with Crippen molar-refractivity contribution in [3.05, 3.63) is 188 Å². The Morgan fingerprint density at radius 1 is 0.392 bits per heavy atom. The fraction of sp³-hybridized carbons (Fsp3) is 0.